The number of carbonyl (C=O) groups is 1. The maximum atomic E-state index is 12.0. The molecular weight excluding hydrogens is 252 g/mol. The number of nitrogens with zero attached hydrogens (tertiary/aromatic N) is 1. The Kier molecular flexibility index (Phi) is 4.48. The largest absolute Gasteiger partial charge is 0.326 e. The van der Waals surface area contributed by atoms with E-state index in [4.69, 9.17) is 0 Å². The molecule has 1 rings (SSSR count). The van der Waals surface area contributed by atoms with Gasteiger partial charge in [-0.3, -0.25) is 4.79 Å². The topological polar surface area (TPSA) is 66.5 Å². The predicted octanol–water partition coefficient (Wildman–Crippen LogP) is 1.46. The van der Waals surface area contributed by atoms with Gasteiger partial charge in [0.1, 0.15) is 0 Å². The molecular formula is C12H18N2O3S. The number of rotatable bonds is 4. The van der Waals surface area contributed by atoms with Gasteiger partial charge < -0.3 is 5.32 Å². The molecule has 6 heteroatoms. The number of amides is 1. The van der Waals surface area contributed by atoms with Gasteiger partial charge in [0, 0.05) is 26.7 Å². The summed E-state index contributed by atoms with van der Waals surface area (Å²) in [6.07, 6.45) is 0.720. The van der Waals surface area contributed by atoms with E-state index >= 15 is 0 Å². The SMILES string of the molecule is CCc1ccc(S(=O)(=O)N(C)C)cc1NC(C)=O. The van der Waals surface area contributed by atoms with Crippen molar-refractivity contribution in [3.8, 4) is 0 Å². The lowest BCUT2D eigenvalue weighted by Crippen LogP contribution is -2.22. The fourth-order valence-electron chi connectivity index (χ4n) is 1.54. The molecule has 0 spiro atoms. The van der Waals surface area contributed by atoms with E-state index in [1.807, 2.05) is 6.92 Å². The Bertz CT molecular complexity index is 550. The summed E-state index contributed by atoms with van der Waals surface area (Å²) < 4.78 is 25.1. The molecule has 100 valence electrons. The number of hydrogen-bond donors (Lipinski definition) is 1. The standard InChI is InChI=1S/C12H18N2O3S/c1-5-10-6-7-11(18(16,17)14(3)4)8-12(10)13-9(2)15/h6-8H,5H2,1-4H3,(H,13,15). The Balaban J connectivity index is 3.31. The van der Waals surface area contributed by atoms with Gasteiger partial charge in [0.2, 0.25) is 15.9 Å². The van der Waals surface area contributed by atoms with Gasteiger partial charge >= 0.3 is 0 Å². The van der Waals surface area contributed by atoms with Crippen LogP contribution in [0.4, 0.5) is 5.69 Å². The highest BCUT2D eigenvalue weighted by atomic mass is 32.2. The smallest absolute Gasteiger partial charge is 0.242 e. The Labute approximate surface area is 108 Å². The van der Waals surface area contributed by atoms with Crippen molar-refractivity contribution in [3.05, 3.63) is 23.8 Å². The highest BCUT2D eigenvalue weighted by Crippen LogP contribution is 2.23. The summed E-state index contributed by atoms with van der Waals surface area (Å²) >= 11 is 0. The second-order valence-electron chi connectivity index (χ2n) is 4.14. The minimum Gasteiger partial charge on any atom is -0.326 e. The highest BCUT2D eigenvalue weighted by molar-refractivity contribution is 7.89. The summed E-state index contributed by atoms with van der Waals surface area (Å²) in [4.78, 5) is 11.3. The van der Waals surface area contributed by atoms with Crippen LogP contribution in [0.3, 0.4) is 0 Å². The van der Waals surface area contributed by atoms with Crippen LogP contribution in [0.1, 0.15) is 19.4 Å². The molecule has 0 radical (unpaired) electrons. The fraction of sp³-hybridized carbons (Fsp3) is 0.417. The zero-order valence-corrected chi connectivity index (χ0v) is 11.8. The summed E-state index contributed by atoms with van der Waals surface area (Å²) in [7, 11) is -0.531. The molecule has 1 amide bonds. The van der Waals surface area contributed by atoms with Crippen molar-refractivity contribution in [2.75, 3.05) is 19.4 Å². The van der Waals surface area contributed by atoms with Crippen molar-refractivity contribution in [1.29, 1.82) is 0 Å². The van der Waals surface area contributed by atoms with Crippen molar-refractivity contribution in [3.63, 3.8) is 0 Å². The third kappa shape index (κ3) is 3.08. The minimum absolute atomic E-state index is 0.174. The summed E-state index contributed by atoms with van der Waals surface area (Å²) in [6, 6.07) is 4.77. The molecule has 0 unspecified atom stereocenters. The van der Waals surface area contributed by atoms with E-state index in [0.29, 0.717) is 5.69 Å². The summed E-state index contributed by atoms with van der Waals surface area (Å²) in [5.41, 5.74) is 1.45. The number of aryl methyl sites for hydroxylation is 1. The summed E-state index contributed by atoms with van der Waals surface area (Å²) in [5, 5.41) is 2.65. The van der Waals surface area contributed by atoms with Gasteiger partial charge in [-0.15, -0.1) is 0 Å². The average Bonchev–Trinajstić information content (AvgIpc) is 2.27. The zero-order valence-electron chi connectivity index (χ0n) is 11.0. The van der Waals surface area contributed by atoms with Crippen molar-refractivity contribution in [1.82, 2.24) is 4.31 Å². The third-order valence-electron chi connectivity index (χ3n) is 2.55. The third-order valence-corrected chi connectivity index (χ3v) is 4.36. The van der Waals surface area contributed by atoms with Crippen LogP contribution in [0.25, 0.3) is 0 Å². The van der Waals surface area contributed by atoms with E-state index in [9.17, 15) is 13.2 Å². The summed E-state index contributed by atoms with van der Waals surface area (Å²) in [6.45, 7) is 3.34. The lowest BCUT2D eigenvalue weighted by Gasteiger charge is -2.14. The van der Waals surface area contributed by atoms with Gasteiger partial charge in [-0.2, -0.15) is 0 Å². The van der Waals surface area contributed by atoms with Gasteiger partial charge in [0.25, 0.3) is 0 Å². The molecule has 5 nitrogen and oxygen atoms in total. The van der Waals surface area contributed by atoms with Crippen LogP contribution in [0.15, 0.2) is 23.1 Å². The normalized spacial score (nSPS) is 11.6. The molecule has 0 heterocycles. The number of nitrogens with one attached hydrogen (secondary N) is 1. The van der Waals surface area contributed by atoms with Gasteiger partial charge in [0.15, 0.2) is 0 Å². The fourth-order valence-corrected chi connectivity index (χ4v) is 2.47. The van der Waals surface area contributed by atoms with E-state index in [0.717, 1.165) is 16.3 Å². The average molecular weight is 270 g/mol. The molecule has 1 aromatic carbocycles. The maximum absolute atomic E-state index is 12.0. The van der Waals surface area contributed by atoms with Gasteiger partial charge in [0.05, 0.1) is 4.90 Å². The molecule has 0 aliphatic heterocycles. The first-order chi connectivity index (χ1) is 8.28. The lowest BCUT2D eigenvalue weighted by atomic mass is 10.1. The van der Waals surface area contributed by atoms with Crippen LogP contribution in [-0.2, 0) is 21.2 Å². The zero-order chi connectivity index (χ0) is 13.9. The molecule has 1 N–H and O–H groups in total. The number of carbonyl (C=O) groups excluding carboxylic acids is 1. The number of anilines is 1. The van der Waals surface area contributed by atoms with Crippen LogP contribution in [0, 0.1) is 0 Å². The van der Waals surface area contributed by atoms with Crippen molar-refractivity contribution >= 4 is 21.6 Å². The minimum atomic E-state index is -3.48. The first-order valence-electron chi connectivity index (χ1n) is 5.62. The predicted molar refractivity (Wildman–Crippen MR) is 71.0 cm³/mol. The molecule has 1 aromatic rings. The van der Waals surface area contributed by atoms with Crippen LogP contribution >= 0.6 is 0 Å². The Morgan fingerprint density at radius 1 is 1.33 bits per heavy atom. The Morgan fingerprint density at radius 2 is 1.94 bits per heavy atom. The van der Waals surface area contributed by atoms with Gasteiger partial charge in [-0.25, -0.2) is 12.7 Å². The first-order valence-corrected chi connectivity index (χ1v) is 7.06. The Morgan fingerprint density at radius 3 is 2.39 bits per heavy atom. The number of hydrogen-bond acceptors (Lipinski definition) is 3. The van der Waals surface area contributed by atoms with Crippen LogP contribution in [-0.4, -0.2) is 32.7 Å². The van der Waals surface area contributed by atoms with Crippen LogP contribution in [0.2, 0.25) is 0 Å². The van der Waals surface area contributed by atoms with Crippen LogP contribution < -0.4 is 5.32 Å². The van der Waals surface area contributed by atoms with Gasteiger partial charge in [-0.05, 0) is 24.1 Å². The van der Waals surface area contributed by atoms with E-state index in [-0.39, 0.29) is 10.8 Å². The first kappa shape index (κ1) is 14.7. The van der Waals surface area contributed by atoms with Crippen molar-refractivity contribution in [2.24, 2.45) is 0 Å². The van der Waals surface area contributed by atoms with Crippen molar-refractivity contribution < 1.29 is 13.2 Å². The number of sulfonamides is 1. The second-order valence-corrected chi connectivity index (χ2v) is 6.29. The van der Waals surface area contributed by atoms with E-state index in [2.05, 4.69) is 5.32 Å². The molecule has 0 fully saturated rings. The van der Waals surface area contributed by atoms with Gasteiger partial charge in [-0.1, -0.05) is 13.0 Å². The Hall–Kier alpha value is -1.40. The molecule has 0 saturated carbocycles. The van der Waals surface area contributed by atoms with Crippen LogP contribution in [0.5, 0.6) is 0 Å². The molecule has 0 saturated heterocycles. The quantitative estimate of drug-likeness (QED) is 0.900. The van der Waals surface area contributed by atoms with E-state index in [1.54, 1.807) is 12.1 Å². The lowest BCUT2D eigenvalue weighted by molar-refractivity contribution is -0.114. The monoisotopic (exact) mass is 270 g/mol. The molecule has 0 aliphatic carbocycles. The number of benzene rings is 1. The molecule has 18 heavy (non-hydrogen) atoms. The van der Waals surface area contributed by atoms with E-state index < -0.39 is 10.0 Å². The summed E-state index contributed by atoms with van der Waals surface area (Å²) in [5.74, 6) is -0.218. The highest BCUT2D eigenvalue weighted by Gasteiger charge is 2.18. The second kappa shape index (κ2) is 5.49. The van der Waals surface area contributed by atoms with Crippen molar-refractivity contribution in [2.45, 2.75) is 25.2 Å². The molecule has 0 aliphatic rings. The van der Waals surface area contributed by atoms with E-state index in [1.165, 1.54) is 27.1 Å². The molecule has 0 bridgehead atoms. The molecule has 0 aromatic heterocycles. The maximum Gasteiger partial charge on any atom is 0.242 e. The molecule has 0 atom stereocenters.